The van der Waals surface area contributed by atoms with Crippen molar-refractivity contribution in [2.45, 2.75) is 39.5 Å². The molecule has 1 N–H and O–H groups in total. The first-order valence-corrected chi connectivity index (χ1v) is 7.24. The van der Waals surface area contributed by atoms with Gasteiger partial charge in [-0.1, -0.05) is 44.7 Å². The van der Waals surface area contributed by atoms with Gasteiger partial charge in [-0.05, 0) is 12.3 Å². The van der Waals surface area contributed by atoms with Crippen LogP contribution >= 0.6 is 11.6 Å². The van der Waals surface area contributed by atoms with E-state index < -0.39 is 10.7 Å². The molecule has 0 spiro atoms. The summed E-state index contributed by atoms with van der Waals surface area (Å²) < 4.78 is 13.4. The predicted molar refractivity (Wildman–Crippen MR) is 79.9 cm³/mol. The summed E-state index contributed by atoms with van der Waals surface area (Å²) >= 11 is 5.58. The normalized spacial score (nSPS) is 12.2. The SMILES string of the molecule is CCCCC(CC)CNc1cc(F)c(Cl)cc1[N+](=O)[O-]. The van der Waals surface area contributed by atoms with Crippen molar-refractivity contribution < 1.29 is 9.31 Å². The summed E-state index contributed by atoms with van der Waals surface area (Å²) in [6.07, 6.45) is 4.28. The van der Waals surface area contributed by atoms with Crippen LogP contribution in [0.25, 0.3) is 0 Å². The van der Waals surface area contributed by atoms with Gasteiger partial charge in [-0.3, -0.25) is 10.1 Å². The number of nitro benzene ring substituents is 1. The summed E-state index contributed by atoms with van der Waals surface area (Å²) in [7, 11) is 0. The summed E-state index contributed by atoms with van der Waals surface area (Å²) in [4.78, 5) is 10.4. The summed E-state index contributed by atoms with van der Waals surface area (Å²) in [6.45, 7) is 4.80. The number of anilines is 1. The van der Waals surface area contributed by atoms with Gasteiger partial charge >= 0.3 is 0 Å². The maximum absolute atomic E-state index is 13.4. The van der Waals surface area contributed by atoms with E-state index in [1.54, 1.807) is 0 Å². The second-order valence-electron chi connectivity index (χ2n) is 4.84. The molecule has 0 heterocycles. The molecular formula is C14H20ClFN2O2. The monoisotopic (exact) mass is 302 g/mol. The molecule has 0 saturated heterocycles. The topological polar surface area (TPSA) is 55.2 Å². The second-order valence-corrected chi connectivity index (χ2v) is 5.25. The average Bonchev–Trinajstić information content (AvgIpc) is 2.42. The fraction of sp³-hybridized carbons (Fsp3) is 0.571. The Morgan fingerprint density at radius 1 is 1.45 bits per heavy atom. The van der Waals surface area contributed by atoms with E-state index in [0.717, 1.165) is 37.8 Å². The third-order valence-electron chi connectivity index (χ3n) is 3.36. The van der Waals surface area contributed by atoms with Crippen LogP contribution in [-0.4, -0.2) is 11.5 Å². The summed E-state index contributed by atoms with van der Waals surface area (Å²) in [5, 5.41) is 13.7. The summed E-state index contributed by atoms with van der Waals surface area (Å²) in [5.41, 5.74) is -0.00593. The van der Waals surface area contributed by atoms with Gasteiger partial charge in [-0.15, -0.1) is 0 Å². The Morgan fingerprint density at radius 3 is 2.70 bits per heavy atom. The number of unbranched alkanes of at least 4 members (excludes halogenated alkanes) is 1. The van der Waals surface area contributed by atoms with E-state index >= 15 is 0 Å². The van der Waals surface area contributed by atoms with Crippen LogP contribution in [0.1, 0.15) is 39.5 Å². The van der Waals surface area contributed by atoms with Crippen molar-refractivity contribution in [1.29, 1.82) is 0 Å². The first-order chi connectivity index (χ1) is 9.49. The molecule has 6 heteroatoms. The third kappa shape index (κ3) is 4.63. The molecule has 1 aromatic rings. The number of nitrogens with zero attached hydrogens (tertiary/aromatic N) is 1. The highest BCUT2D eigenvalue weighted by Gasteiger charge is 2.18. The number of benzene rings is 1. The molecule has 20 heavy (non-hydrogen) atoms. The van der Waals surface area contributed by atoms with Crippen LogP contribution in [0.5, 0.6) is 0 Å². The van der Waals surface area contributed by atoms with Crippen LogP contribution in [-0.2, 0) is 0 Å². The van der Waals surface area contributed by atoms with E-state index in [9.17, 15) is 14.5 Å². The molecule has 112 valence electrons. The first-order valence-electron chi connectivity index (χ1n) is 6.86. The summed E-state index contributed by atoms with van der Waals surface area (Å²) in [6, 6.07) is 2.14. The Morgan fingerprint density at radius 2 is 2.15 bits per heavy atom. The van der Waals surface area contributed by atoms with Gasteiger partial charge in [0.15, 0.2) is 0 Å². The van der Waals surface area contributed by atoms with E-state index in [2.05, 4.69) is 19.2 Å². The molecule has 4 nitrogen and oxygen atoms in total. The Labute approximate surface area is 123 Å². The van der Waals surface area contributed by atoms with Crippen LogP contribution in [0, 0.1) is 21.8 Å². The van der Waals surface area contributed by atoms with E-state index in [4.69, 9.17) is 11.6 Å². The van der Waals surface area contributed by atoms with E-state index in [1.165, 1.54) is 0 Å². The molecule has 0 aromatic heterocycles. The van der Waals surface area contributed by atoms with Crippen molar-refractivity contribution >= 4 is 23.0 Å². The van der Waals surface area contributed by atoms with Gasteiger partial charge in [-0.25, -0.2) is 4.39 Å². The molecule has 0 fully saturated rings. The fourth-order valence-electron chi connectivity index (χ4n) is 2.03. The number of hydrogen-bond donors (Lipinski definition) is 1. The molecule has 0 aliphatic heterocycles. The van der Waals surface area contributed by atoms with Gasteiger partial charge in [-0.2, -0.15) is 0 Å². The Bertz CT molecular complexity index is 469. The molecule has 0 amide bonds. The zero-order valence-electron chi connectivity index (χ0n) is 11.8. The molecule has 0 saturated carbocycles. The van der Waals surface area contributed by atoms with Crippen molar-refractivity contribution in [3.05, 3.63) is 33.1 Å². The van der Waals surface area contributed by atoms with Gasteiger partial charge in [0, 0.05) is 18.7 Å². The van der Waals surface area contributed by atoms with Crippen molar-refractivity contribution in [3.8, 4) is 0 Å². The molecule has 1 aromatic carbocycles. The van der Waals surface area contributed by atoms with Crippen molar-refractivity contribution in [2.24, 2.45) is 5.92 Å². The van der Waals surface area contributed by atoms with Crippen LogP contribution in [0.15, 0.2) is 12.1 Å². The molecule has 0 radical (unpaired) electrons. The van der Waals surface area contributed by atoms with Crippen molar-refractivity contribution in [1.82, 2.24) is 0 Å². The highest BCUT2D eigenvalue weighted by atomic mass is 35.5. The lowest BCUT2D eigenvalue weighted by molar-refractivity contribution is -0.384. The average molecular weight is 303 g/mol. The molecule has 0 aliphatic rings. The zero-order valence-corrected chi connectivity index (χ0v) is 12.5. The minimum atomic E-state index is -0.652. The predicted octanol–water partition coefficient (Wildman–Crippen LogP) is 5.02. The van der Waals surface area contributed by atoms with Crippen molar-refractivity contribution in [3.63, 3.8) is 0 Å². The first kappa shape index (κ1) is 16.7. The third-order valence-corrected chi connectivity index (χ3v) is 3.65. The van der Waals surface area contributed by atoms with Gasteiger partial charge in [0.2, 0.25) is 0 Å². The standard InChI is InChI=1S/C14H20ClFN2O2/c1-3-5-6-10(4-2)9-17-13-8-12(16)11(15)7-14(13)18(19)20/h7-8,10,17H,3-6,9H2,1-2H3. The Kier molecular flexibility index (Phi) is 6.71. The number of nitrogens with one attached hydrogen (secondary N) is 1. The van der Waals surface area contributed by atoms with Crippen LogP contribution in [0.3, 0.4) is 0 Å². The lowest BCUT2D eigenvalue weighted by atomic mass is 9.99. The quantitative estimate of drug-likeness (QED) is 0.542. The highest BCUT2D eigenvalue weighted by molar-refractivity contribution is 6.31. The minimum Gasteiger partial charge on any atom is -0.379 e. The zero-order chi connectivity index (χ0) is 15.1. The number of rotatable bonds is 8. The van der Waals surface area contributed by atoms with E-state index in [1.807, 2.05) is 0 Å². The van der Waals surface area contributed by atoms with Crippen LogP contribution in [0.4, 0.5) is 15.8 Å². The molecule has 0 bridgehead atoms. The van der Waals surface area contributed by atoms with Crippen molar-refractivity contribution in [2.75, 3.05) is 11.9 Å². The lowest BCUT2D eigenvalue weighted by Crippen LogP contribution is -2.14. The molecular weight excluding hydrogens is 283 g/mol. The Balaban J connectivity index is 2.80. The minimum absolute atomic E-state index is 0.187. The number of nitro groups is 1. The molecule has 1 rings (SSSR count). The fourth-order valence-corrected chi connectivity index (χ4v) is 2.18. The van der Waals surface area contributed by atoms with Crippen LogP contribution < -0.4 is 5.32 Å². The van der Waals surface area contributed by atoms with Gasteiger partial charge < -0.3 is 5.32 Å². The maximum atomic E-state index is 13.4. The van der Waals surface area contributed by atoms with Gasteiger partial charge in [0.1, 0.15) is 11.5 Å². The highest BCUT2D eigenvalue weighted by Crippen LogP contribution is 2.30. The maximum Gasteiger partial charge on any atom is 0.294 e. The largest absolute Gasteiger partial charge is 0.379 e. The van der Waals surface area contributed by atoms with E-state index in [-0.39, 0.29) is 16.4 Å². The smallest absolute Gasteiger partial charge is 0.294 e. The lowest BCUT2D eigenvalue weighted by Gasteiger charge is -2.16. The van der Waals surface area contributed by atoms with Gasteiger partial charge in [0.25, 0.3) is 5.69 Å². The molecule has 0 aliphatic carbocycles. The number of halogens is 2. The molecule has 1 atom stereocenters. The summed E-state index contributed by atoms with van der Waals surface area (Å²) in [5.74, 6) is -0.227. The molecule has 1 unspecified atom stereocenters. The van der Waals surface area contributed by atoms with E-state index in [0.29, 0.717) is 12.5 Å². The van der Waals surface area contributed by atoms with Crippen LogP contribution in [0.2, 0.25) is 5.02 Å². The van der Waals surface area contributed by atoms with Gasteiger partial charge in [0.05, 0.1) is 9.95 Å². The second kappa shape index (κ2) is 8.04. The Hall–Kier alpha value is -1.36. The number of hydrogen-bond acceptors (Lipinski definition) is 3.